The first-order valence-electron chi connectivity index (χ1n) is 6.23. The van der Waals surface area contributed by atoms with E-state index in [-0.39, 0.29) is 5.82 Å². The van der Waals surface area contributed by atoms with Crippen LogP contribution in [-0.4, -0.2) is 20.2 Å². The van der Waals surface area contributed by atoms with Crippen LogP contribution in [0, 0.1) is 11.6 Å². The second-order valence-electron chi connectivity index (χ2n) is 4.40. The van der Waals surface area contributed by atoms with Crippen molar-refractivity contribution >= 4 is 5.69 Å². The summed E-state index contributed by atoms with van der Waals surface area (Å²) in [6.45, 7) is 0.313. The average molecular weight is 287 g/mol. The van der Waals surface area contributed by atoms with Gasteiger partial charge in [0.2, 0.25) is 0 Å². The van der Waals surface area contributed by atoms with E-state index in [0.29, 0.717) is 17.9 Å². The Morgan fingerprint density at radius 2 is 2.00 bits per heavy atom. The molecule has 0 aliphatic rings. The molecule has 0 saturated carbocycles. The molecule has 0 unspecified atom stereocenters. The maximum Gasteiger partial charge on any atom is 0.146 e. The Morgan fingerprint density at radius 1 is 1.10 bits per heavy atom. The summed E-state index contributed by atoms with van der Waals surface area (Å²) >= 11 is 0. The molecule has 5 nitrogen and oxygen atoms in total. The zero-order valence-corrected chi connectivity index (χ0v) is 10.9. The summed E-state index contributed by atoms with van der Waals surface area (Å²) < 4.78 is 28.3. The highest BCUT2D eigenvalue weighted by Crippen LogP contribution is 2.19. The molecule has 2 aromatic carbocycles. The first-order chi connectivity index (χ1) is 10.2. The van der Waals surface area contributed by atoms with Gasteiger partial charge in [0.05, 0.1) is 11.4 Å². The lowest BCUT2D eigenvalue weighted by atomic mass is 10.2. The van der Waals surface area contributed by atoms with Gasteiger partial charge in [0.15, 0.2) is 0 Å². The van der Waals surface area contributed by atoms with Crippen molar-refractivity contribution in [1.82, 2.24) is 20.2 Å². The van der Waals surface area contributed by atoms with Crippen LogP contribution in [0.3, 0.4) is 0 Å². The number of benzene rings is 2. The Balaban J connectivity index is 1.80. The van der Waals surface area contributed by atoms with Crippen LogP contribution in [0.1, 0.15) is 5.56 Å². The van der Waals surface area contributed by atoms with Crippen LogP contribution in [-0.2, 0) is 6.54 Å². The van der Waals surface area contributed by atoms with Crippen LogP contribution in [0.25, 0.3) is 5.69 Å². The zero-order valence-electron chi connectivity index (χ0n) is 10.9. The number of tetrazole rings is 1. The van der Waals surface area contributed by atoms with Crippen molar-refractivity contribution in [3.8, 4) is 5.69 Å². The number of nitrogens with zero attached hydrogens (tertiary/aromatic N) is 4. The number of nitrogens with one attached hydrogen (secondary N) is 1. The lowest BCUT2D eigenvalue weighted by molar-refractivity contribution is 0.624. The molecule has 7 heteroatoms. The van der Waals surface area contributed by atoms with Crippen LogP contribution >= 0.6 is 0 Å². The molecule has 1 heterocycles. The normalized spacial score (nSPS) is 10.6. The minimum absolute atomic E-state index is 0.298. The van der Waals surface area contributed by atoms with E-state index in [9.17, 15) is 8.78 Å². The first kappa shape index (κ1) is 13.2. The van der Waals surface area contributed by atoms with Crippen molar-refractivity contribution in [2.45, 2.75) is 6.54 Å². The Labute approximate surface area is 119 Å². The van der Waals surface area contributed by atoms with E-state index in [4.69, 9.17) is 0 Å². The summed E-state index contributed by atoms with van der Waals surface area (Å²) in [6.07, 6.45) is 1.42. The van der Waals surface area contributed by atoms with Gasteiger partial charge in [-0.15, -0.1) is 5.10 Å². The van der Waals surface area contributed by atoms with E-state index in [2.05, 4.69) is 20.8 Å². The van der Waals surface area contributed by atoms with E-state index in [1.54, 1.807) is 24.3 Å². The molecule has 1 N–H and O–H groups in total. The van der Waals surface area contributed by atoms with Gasteiger partial charge in [-0.3, -0.25) is 0 Å². The molecule has 0 fully saturated rings. The highest BCUT2D eigenvalue weighted by Gasteiger charge is 2.06. The monoisotopic (exact) mass is 287 g/mol. The molecule has 3 rings (SSSR count). The predicted molar refractivity (Wildman–Crippen MR) is 72.8 cm³/mol. The van der Waals surface area contributed by atoms with Crippen LogP contribution in [0.15, 0.2) is 48.8 Å². The van der Waals surface area contributed by atoms with Crippen molar-refractivity contribution in [3.05, 3.63) is 66.0 Å². The van der Waals surface area contributed by atoms with Crippen molar-refractivity contribution in [1.29, 1.82) is 0 Å². The highest BCUT2D eigenvalue weighted by atomic mass is 19.1. The number of anilines is 1. The second kappa shape index (κ2) is 5.66. The topological polar surface area (TPSA) is 55.6 Å². The van der Waals surface area contributed by atoms with E-state index in [1.165, 1.54) is 29.2 Å². The molecule has 0 aliphatic heterocycles. The quantitative estimate of drug-likeness (QED) is 0.801. The fourth-order valence-corrected chi connectivity index (χ4v) is 1.92. The third kappa shape index (κ3) is 3.02. The van der Waals surface area contributed by atoms with E-state index >= 15 is 0 Å². The molecule has 0 saturated heterocycles. The standard InChI is InChI=1S/C14H11F2N5/c15-11-3-1-2-10(6-11)8-17-14-7-12(4-5-13(14)16)21-9-18-19-20-21/h1-7,9,17H,8H2. The molecular formula is C14H11F2N5. The Bertz CT molecular complexity index is 743. The van der Waals surface area contributed by atoms with Gasteiger partial charge in [0.25, 0.3) is 0 Å². The van der Waals surface area contributed by atoms with Crippen LogP contribution in [0.5, 0.6) is 0 Å². The van der Waals surface area contributed by atoms with Crippen molar-refractivity contribution in [2.24, 2.45) is 0 Å². The Morgan fingerprint density at radius 3 is 2.76 bits per heavy atom. The first-order valence-corrected chi connectivity index (χ1v) is 6.23. The smallest absolute Gasteiger partial charge is 0.146 e. The summed E-state index contributed by atoms with van der Waals surface area (Å²) in [6, 6.07) is 10.6. The fraction of sp³-hybridized carbons (Fsp3) is 0.0714. The molecule has 21 heavy (non-hydrogen) atoms. The summed E-state index contributed by atoms with van der Waals surface area (Å²) in [5.41, 5.74) is 1.65. The average Bonchev–Trinajstić information content (AvgIpc) is 3.01. The van der Waals surface area contributed by atoms with Gasteiger partial charge in [0, 0.05) is 6.54 Å². The minimum atomic E-state index is -0.400. The molecule has 3 aromatic rings. The largest absolute Gasteiger partial charge is 0.379 e. The van der Waals surface area contributed by atoms with Gasteiger partial charge in [0.1, 0.15) is 18.0 Å². The lowest BCUT2D eigenvalue weighted by Gasteiger charge is -2.09. The van der Waals surface area contributed by atoms with Crippen molar-refractivity contribution in [2.75, 3.05) is 5.32 Å². The summed E-state index contributed by atoms with van der Waals surface area (Å²) in [5.74, 6) is -0.722. The molecule has 0 radical (unpaired) electrons. The summed E-state index contributed by atoms with van der Waals surface area (Å²) in [5, 5.41) is 13.7. The second-order valence-corrected chi connectivity index (χ2v) is 4.40. The maximum absolute atomic E-state index is 13.8. The fourth-order valence-electron chi connectivity index (χ4n) is 1.92. The molecule has 0 aliphatic carbocycles. The van der Waals surface area contributed by atoms with Crippen LogP contribution < -0.4 is 5.32 Å². The molecule has 0 spiro atoms. The van der Waals surface area contributed by atoms with E-state index in [1.807, 2.05) is 0 Å². The minimum Gasteiger partial charge on any atom is -0.379 e. The van der Waals surface area contributed by atoms with Gasteiger partial charge in [-0.05, 0) is 46.3 Å². The number of halogens is 2. The highest BCUT2D eigenvalue weighted by molar-refractivity contribution is 5.52. The van der Waals surface area contributed by atoms with Crippen LogP contribution in [0.4, 0.5) is 14.5 Å². The Hall–Kier alpha value is -2.83. The number of aromatic nitrogens is 4. The third-order valence-corrected chi connectivity index (χ3v) is 2.94. The molecular weight excluding hydrogens is 276 g/mol. The number of hydrogen-bond acceptors (Lipinski definition) is 4. The summed E-state index contributed by atoms with van der Waals surface area (Å²) in [4.78, 5) is 0. The van der Waals surface area contributed by atoms with Crippen LogP contribution in [0.2, 0.25) is 0 Å². The zero-order chi connectivity index (χ0) is 14.7. The molecule has 0 atom stereocenters. The van der Waals surface area contributed by atoms with Crippen molar-refractivity contribution in [3.63, 3.8) is 0 Å². The maximum atomic E-state index is 13.8. The molecule has 0 amide bonds. The third-order valence-electron chi connectivity index (χ3n) is 2.94. The SMILES string of the molecule is Fc1cccc(CNc2cc(-n3cnnn3)ccc2F)c1. The predicted octanol–water partition coefficient (Wildman–Crippen LogP) is 2.55. The van der Waals surface area contributed by atoms with Gasteiger partial charge >= 0.3 is 0 Å². The van der Waals surface area contributed by atoms with Crippen molar-refractivity contribution < 1.29 is 8.78 Å². The number of rotatable bonds is 4. The molecule has 106 valence electrons. The number of hydrogen-bond donors (Lipinski definition) is 1. The van der Waals surface area contributed by atoms with Gasteiger partial charge in [-0.2, -0.15) is 0 Å². The Kier molecular flexibility index (Phi) is 3.55. The van der Waals surface area contributed by atoms with Gasteiger partial charge in [-0.25, -0.2) is 13.5 Å². The van der Waals surface area contributed by atoms with Gasteiger partial charge in [-0.1, -0.05) is 12.1 Å². The molecule has 0 bridgehead atoms. The lowest BCUT2D eigenvalue weighted by Crippen LogP contribution is -2.04. The van der Waals surface area contributed by atoms with Gasteiger partial charge < -0.3 is 5.32 Å². The van der Waals surface area contributed by atoms with E-state index < -0.39 is 5.82 Å². The van der Waals surface area contributed by atoms with E-state index in [0.717, 1.165) is 5.56 Å². The summed E-state index contributed by atoms with van der Waals surface area (Å²) in [7, 11) is 0. The molecule has 1 aromatic heterocycles.